The third-order valence-corrected chi connectivity index (χ3v) is 4.71. The molecule has 0 spiro atoms. The molecule has 0 bridgehead atoms. The highest BCUT2D eigenvalue weighted by Crippen LogP contribution is 2.27. The molecule has 1 N–H and O–H groups in total. The van der Waals surface area contributed by atoms with Gasteiger partial charge in [-0.15, -0.1) is 0 Å². The summed E-state index contributed by atoms with van der Waals surface area (Å²) in [7, 11) is 0. The van der Waals surface area contributed by atoms with Crippen LogP contribution >= 0.6 is 0 Å². The number of carbonyl (C=O) groups excluding carboxylic acids is 1. The average molecular weight is 353 g/mol. The minimum Gasteiger partial charge on any atom is -0.491 e. The summed E-state index contributed by atoms with van der Waals surface area (Å²) >= 11 is 0. The highest BCUT2D eigenvalue weighted by atomic mass is 16.5. The van der Waals surface area contributed by atoms with Gasteiger partial charge in [-0.3, -0.25) is 9.59 Å². The molecule has 0 radical (unpaired) electrons. The van der Waals surface area contributed by atoms with E-state index in [0.717, 1.165) is 36.4 Å². The molecule has 1 saturated heterocycles. The number of ether oxygens (including phenoxy) is 1. The van der Waals surface area contributed by atoms with Crippen LogP contribution in [0.5, 0.6) is 5.75 Å². The minimum atomic E-state index is -0.159. The van der Waals surface area contributed by atoms with Gasteiger partial charge in [-0.1, -0.05) is 18.7 Å². The summed E-state index contributed by atoms with van der Waals surface area (Å²) in [5.41, 5.74) is 2.29. The number of allylic oxidation sites excluding steroid dienone is 1. The summed E-state index contributed by atoms with van der Waals surface area (Å²) in [6, 6.07) is 7.76. The van der Waals surface area contributed by atoms with Crippen molar-refractivity contribution in [3.63, 3.8) is 0 Å². The Morgan fingerprint density at radius 3 is 3.15 bits per heavy atom. The summed E-state index contributed by atoms with van der Waals surface area (Å²) in [5.74, 6) is 0.730. The maximum atomic E-state index is 11.8. The van der Waals surface area contributed by atoms with Crippen molar-refractivity contribution in [2.75, 3.05) is 18.1 Å². The Morgan fingerprint density at radius 2 is 2.35 bits per heavy atom. The number of nitrogens with one attached hydrogen (secondary N) is 1. The molecule has 0 aliphatic carbocycles. The molecule has 136 valence electrons. The monoisotopic (exact) mass is 353 g/mol. The summed E-state index contributed by atoms with van der Waals surface area (Å²) in [4.78, 5) is 25.5. The number of hydrogen-bond acceptors (Lipinski definition) is 5. The molecular formula is C20H23N3O3. The fourth-order valence-corrected chi connectivity index (χ4v) is 3.28. The zero-order valence-electron chi connectivity index (χ0n) is 14.9. The molecule has 0 saturated carbocycles. The van der Waals surface area contributed by atoms with Gasteiger partial charge in [0.15, 0.2) is 5.78 Å². The average Bonchev–Trinajstić information content (AvgIpc) is 3.11. The largest absolute Gasteiger partial charge is 0.491 e. The molecule has 0 unspecified atom stereocenters. The second-order valence-corrected chi connectivity index (χ2v) is 6.50. The van der Waals surface area contributed by atoms with E-state index in [2.05, 4.69) is 21.7 Å². The number of aromatic nitrogens is 2. The highest BCUT2D eigenvalue weighted by molar-refractivity contribution is 5.90. The second kappa shape index (κ2) is 7.99. The van der Waals surface area contributed by atoms with Crippen LogP contribution in [-0.4, -0.2) is 35.2 Å². The first kappa shape index (κ1) is 17.9. The van der Waals surface area contributed by atoms with E-state index in [1.54, 1.807) is 6.20 Å². The molecule has 1 aromatic carbocycles. The third kappa shape index (κ3) is 4.02. The number of aromatic amines is 1. The molecule has 1 fully saturated rings. The van der Waals surface area contributed by atoms with E-state index < -0.39 is 0 Å². The molecule has 2 heterocycles. The molecule has 3 rings (SSSR count). The van der Waals surface area contributed by atoms with E-state index in [-0.39, 0.29) is 17.4 Å². The first-order valence-corrected chi connectivity index (χ1v) is 8.76. The van der Waals surface area contributed by atoms with E-state index in [1.165, 1.54) is 6.08 Å². The number of ketones is 1. The molecule has 2 aromatic rings. The first-order valence-electron chi connectivity index (χ1n) is 8.76. The smallest absolute Gasteiger partial charge is 0.269 e. The van der Waals surface area contributed by atoms with Crippen molar-refractivity contribution in [1.82, 2.24) is 10.2 Å². The summed E-state index contributed by atoms with van der Waals surface area (Å²) < 4.78 is 5.98. The van der Waals surface area contributed by atoms with E-state index in [1.807, 2.05) is 31.2 Å². The Hall–Kier alpha value is -2.89. The lowest BCUT2D eigenvalue weighted by Gasteiger charge is -2.27. The van der Waals surface area contributed by atoms with Crippen molar-refractivity contribution in [2.24, 2.45) is 0 Å². The number of nitrogens with zero attached hydrogens (tertiary/aromatic N) is 2. The number of benzene rings is 1. The predicted molar refractivity (Wildman–Crippen MR) is 101 cm³/mol. The van der Waals surface area contributed by atoms with Crippen molar-refractivity contribution in [3.05, 3.63) is 64.6 Å². The van der Waals surface area contributed by atoms with E-state index >= 15 is 0 Å². The molecular weight excluding hydrogens is 330 g/mol. The van der Waals surface area contributed by atoms with Gasteiger partial charge >= 0.3 is 0 Å². The van der Waals surface area contributed by atoms with Crippen molar-refractivity contribution >= 4 is 11.5 Å². The summed E-state index contributed by atoms with van der Waals surface area (Å²) in [5, 5.41) is 6.39. The Balaban J connectivity index is 1.68. The number of H-pyrrole nitrogens is 1. The standard InChI is InChI=1S/C20H23N3O3/c1-3-17(24)10-15-6-4-8-18(11-15)26-13-16-7-5-9-23(16)19-12-21-22-20(25)14(19)2/h3-4,6,8,11-12,16H,1,5,7,9-10,13H2,2H3,(H,22,25)/t16-/m0/s1. The Bertz CT molecular complexity index is 859. The molecule has 6 nitrogen and oxygen atoms in total. The van der Waals surface area contributed by atoms with Crippen LogP contribution in [0.15, 0.2) is 47.9 Å². The Kier molecular flexibility index (Phi) is 5.51. The van der Waals surface area contributed by atoms with Crippen molar-refractivity contribution in [3.8, 4) is 5.75 Å². The van der Waals surface area contributed by atoms with Crippen LogP contribution in [-0.2, 0) is 11.2 Å². The van der Waals surface area contributed by atoms with Gasteiger partial charge in [0.05, 0.1) is 17.9 Å². The van der Waals surface area contributed by atoms with Gasteiger partial charge in [-0.25, -0.2) is 5.10 Å². The number of hydrogen-bond donors (Lipinski definition) is 1. The van der Waals surface area contributed by atoms with Crippen LogP contribution in [0.25, 0.3) is 0 Å². The number of carbonyl (C=O) groups is 1. The first-order chi connectivity index (χ1) is 12.6. The van der Waals surface area contributed by atoms with Gasteiger partial charge < -0.3 is 9.64 Å². The molecule has 1 aliphatic heterocycles. The lowest BCUT2D eigenvalue weighted by Crippen LogP contribution is -2.36. The van der Waals surface area contributed by atoms with Crippen molar-refractivity contribution in [2.45, 2.75) is 32.2 Å². The summed E-state index contributed by atoms with van der Waals surface area (Å²) in [6.45, 7) is 6.72. The number of rotatable bonds is 7. The van der Waals surface area contributed by atoms with E-state index in [0.29, 0.717) is 18.6 Å². The van der Waals surface area contributed by atoms with Crippen molar-refractivity contribution in [1.29, 1.82) is 0 Å². The van der Waals surface area contributed by atoms with Crippen LogP contribution < -0.4 is 15.2 Å². The number of anilines is 1. The van der Waals surface area contributed by atoms with Gasteiger partial charge in [0.2, 0.25) is 0 Å². The van der Waals surface area contributed by atoms with Gasteiger partial charge in [0.1, 0.15) is 12.4 Å². The molecule has 0 amide bonds. The van der Waals surface area contributed by atoms with Crippen LogP contribution in [0.4, 0.5) is 5.69 Å². The topological polar surface area (TPSA) is 75.3 Å². The fraction of sp³-hybridized carbons (Fsp3) is 0.350. The van der Waals surface area contributed by atoms with Gasteiger partial charge in [-0.05, 0) is 43.5 Å². The lowest BCUT2D eigenvalue weighted by atomic mass is 10.1. The molecule has 1 atom stereocenters. The Labute approximate surface area is 152 Å². The van der Waals surface area contributed by atoms with Crippen LogP contribution in [0, 0.1) is 6.92 Å². The predicted octanol–water partition coefficient (Wildman–Crippen LogP) is 2.42. The SMILES string of the molecule is C=CC(=O)Cc1cccc(OC[C@@H]2CCCN2c2cn[nH]c(=O)c2C)c1. The van der Waals surface area contributed by atoms with Gasteiger partial charge in [-0.2, -0.15) is 5.10 Å². The zero-order chi connectivity index (χ0) is 18.5. The maximum Gasteiger partial charge on any atom is 0.269 e. The quantitative estimate of drug-likeness (QED) is 0.774. The third-order valence-electron chi connectivity index (χ3n) is 4.71. The van der Waals surface area contributed by atoms with E-state index in [4.69, 9.17) is 4.74 Å². The molecule has 1 aliphatic rings. The van der Waals surface area contributed by atoms with Crippen LogP contribution in [0.1, 0.15) is 24.0 Å². The molecule has 1 aromatic heterocycles. The lowest BCUT2D eigenvalue weighted by molar-refractivity contribution is -0.114. The zero-order valence-corrected chi connectivity index (χ0v) is 14.9. The maximum absolute atomic E-state index is 11.8. The normalized spacial score (nSPS) is 16.5. The van der Waals surface area contributed by atoms with E-state index in [9.17, 15) is 9.59 Å². The van der Waals surface area contributed by atoms with Gasteiger partial charge in [0.25, 0.3) is 5.56 Å². The highest BCUT2D eigenvalue weighted by Gasteiger charge is 2.27. The molecule has 26 heavy (non-hydrogen) atoms. The fourth-order valence-electron chi connectivity index (χ4n) is 3.28. The van der Waals surface area contributed by atoms with Crippen LogP contribution in [0.2, 0.25) is 0 Å². The van der Waals surface area contributed by atoms with Crippen molar-refractivity contribution < 1.29 is 9.53 Å². The summed E-state index contributed by atoms with van der Waals surface area (Å²) in [6.07, 6.45) is 5.42. The van der Waals surface area contributed by atoms with Crippen LogP contribution in [0.3, 0.4) is 0 Å². The second-order valence-electron chi connectivity index (χ2n) is 6.50. The molecule has 6 heteroatoms. The Morgan fingerprint density at radius 1 is 1.50 bits per heavy atom. The van der Waals surface area contributed by atoms with Gasteiger partial charge in [0, 0.05) is 18.5 Å². The minimum absolute atomic E-state index is 0.0126.